The second-order valence-electron chi connectivity index (χ2n) is 16.9. The maximum atomic E-state index is 2.55. The molecule has 8 aromatic carbocycles. The molecule has 0 atom stereocenters. The number of hydrogen-bond donors (Lipinski definition) is 0. The number of rotatable bonds is 4. The minimum atomic E-state index is -0.109. The topological polar surface area (TPSA) is 3.24 Å². The number of benzene rings is 8. The highest BCUT2D eigenvalue weighted by molar-refractivity contribution is 7.27. The molecule has 0 N–H and O–H groups in total. The van der Waals surface area contributed by atoms with Crippen molar-refractivity contribution in [3.05, 3.63) is 186 Å². The van der Waals surface area contributed by atoms with Crippen molar-refractivity contribution in [3.63, 3.8) is 0 Å². The van der Waals surface area contributed by atoms with Crippen molar-refractivity contribution >= 4 is 80.1 Å². The molecule has 0 bridgehead atoms. The first kappa shape index (κ1) is 33.2. The summed E-state index contributed by atoms with van der Waals surface area (Å²) in [6.45, 7) is 9.53. The maximum absolute atomic E-state index is 2.55. The smallest absolute Gasteiger partial charge is 0.0554 e. The Labute approximate surface area is 341 Å². The summed E-state index contributed by atoms with van der Waals surface area (Å²) in [7, 11) is 0. The zero-order valence-electron chi connectivity index (χ0n) is 32.4. The third-order valence-electron chi connectivity index (χ3n) is 13.1. The first-order chi connectivity index (χ1) is 27.8. The van der Waals surface area contributed by atoms with E-state index < -0.39 is 0 Å². The van der Waals surface area contributed by atoms with E-state index >= 15 is 0 Å². The predicted octanol–water partition coefficient (Wildman–Crippen LogP) is 16.2. The fourth-order valence-corrected chi connectivity index (χ4v) is 12.6. The Morgan fingerprint density at radius 3 is 1.44 bits per heavy atom. The molecule has 0 amide bonds. The van der Waals surface area contributed by atoms with Crippen LogP contribution in [0.5, 0.6) is 0 Å². The zero-order valence-corrected chi connectivity index (χ0v) is 34.0. The van der Waals surface area contributed by atoms with Gasteiger partial charge in [0.05, 0.1) is 5.69 Å². The molecule has 0 saturated carbocycles. The predicted molar refractivity (Wildman–Crippen MR) is 247 cm³/mol. The van der Waals surface area contributed by atoms with Crippen LogP contribution in [0.1, 0.15) is 49.9 Å². The minimum Gasteiger partial charge on any atom is -0.310 e. The van der Waals surface area contributed by atoms with Crippen LogP contribution < -0.4 is 4.90 Å². The van der Waals surface area contributed by atoms with E-state index in [0.717, 1.165) is 0 Å². The molecule has 1 nitrogen and oxygen atoms in total. The zero-order chi connectivity index (χ0) is 38.2. The summed E-state index contributed by atoms with van der Waals surface area (Å²) in [4.78, 5) is 2.55. The summed E-state index contributed by atoms with van der Waals surface area (Å²) in [5, 5.41) is 5.33. The Morgan fingerprint density at radius 1 is 0.368 bits per heavy atom. The molecule has 2 aliphatic rings. The highest BCUT2D eigenvalue weighted by Gasteiger charge is 2.38. The van der Waals surface area contributed by atoms with Gasteiger partial charge in [-0.3, -0.25) is 0 Å². The van der Waals surface area contributed by atoms with E-state index in [2.05, 4.69) is 196 Å². The third kappa shape index (κ3) is 4.61. The number of anilines is 3. The molecule has 272 valence electrons. The van der Waals surface area contributed by atoms with Gasteiger partial charge in [0, 0.05) is 62.5 Å². The summed E-state index contributed by atoms with van der Waals surface area (Å²) in [5.74, 6) is 0. The van der Waals surface area contributed by atoms with Crippen LogP contribution in [0.15, 0.2) is 164 Å². The van der Waals surface area contributed by atoms with Crippen molar-refractivity contribution < 1.29 is 0 Å². The molecule has 2 aromatic heterocycles. The van der Waals surface area contributed by atoms with E-state index in [-0.39, 0.29) is 10.8 Å². The van der Waals surface area contributed by atoms with E-state index in [9.17, 15) is 0 Å². The Morgan fingerprint density at radius 2 is 0.842 bits per heavy atom. The van der Waals surface area contributed by atoms with Crippen LogP contribution in [-0.2, 0) is 10.8 Å². The van der Waals surface area contributed by atoms with Crippen LogP contribution in [0.3, 0.4) is 0 Å². The average molecular weight is 766 g/mol. The van der Waals surface area contributed by atoms with Crippen LogP contribution in [0.2, 0.25) is 0 Å². The third-order valence-corrected chi connectivity index (χ3v) is 15.3. The van der Waals surface area contributed by atoms with Gasteiger partial charge in [0.1, 0.15) is 0 Å². The van der Waals surface area contributed by atoms with Gasteiger partial charge in [0.15, 0.2) is 0 Å². The first-order valence-electron chi connectivity index (χ1n) is 19.9. The Balaban J connectivity index is 1.11. The fraction of sp³-hybridized carbons (Fsp3) is 0.111. The van der Waals surface area contributed by atoms with Crippen molar-refractivity contribution in [2.75, 3.05) is 4.90 Å². The maximum Gasteiger partial charge on any atom is 0.0554 e. The van der Waals surface area contributed by atoms with Crippen molar-refractivity contribution in [1.29, 1.82) is 0 Å². The molecule has 0 saturated heterocycles. The molecule has 0 aliphatic heterocycles. The van der Waals surface area contributed by atoms with E-state index in [4.69, 9.17) is 0 Å². The standard InChI is InChI=1S/C54H39NS2/c1-53(2)42-19-10-8-16-36(42)38-26-24-33(28-44(38)53)55(34-25-27-39-37-17-9-11-20-43(37)54(3,4)45(39)29-34)46-21-13-23-48-52(46)41-31-49-40(30-50(41)57-48)51-35(18-12-22-47(51)56-49)32-14-6-5-7-15-32/h5-31H,1-4H3. The van der Waals surface area contributed by atoms with Crippen molar-refractivity contribution in [2.45, 2.75) is 38.5 Å². The number of fused-ring (bicyclic) bond motifs is 12. The van der Waals surface area contributed by atoms with Crippen molar-refractivity contribution in [3.8, 4) is 33.4 Å². The number of hydrogen-bond acceptors (Lipinski definition) is 3. The molecule has 57 heavy (non-hydrogen) atoms. The molecule has 2 heterocycles. The summed E-state index contributed by atoms with van der Waals surface area (Å²) in [6, 6.07) is 61.8. The lowest BCUT2D eigenvalue weighted by atomic mass is 9.82. The lowest BCUT2D eigenvalue weighted by Gasteiger charge is -2.30. The minimum absolute atomic E-state index is 0.109. The van der Waals surface area contributed by atoms with E-state index in [1.807, 2.05) is 22.7 Å². The molecule has 2 aliphatic carbocycles. The lowest BCUT2D eigenvalue weighted by molar-refractivity contribution is 0.660. The van der Waals surface area contributed by atoms with Gasteiger partial charge in [-0.25, -0.2) is 0 Å². The normalized spacial score (nSPS) is 14.6. The van der Waals surface area contributed by atoms with Gasteiger partial charge in [-0.2, -0.15) is 0 Å². The molecular formula is C54H39NS2. The van der Waals surface area contributed by atoms with Gasteiger partial charge in [-0.1, -0.05) is 137 Å². The second-order valence-corrected chi connectivity index (χ2v) is 19.0. The van der Waals surface area contributed by atoms with Gasteiger partial charge in [0.25, 0.3) is 0 Å². The molecule has 0 unspecified atom stereocenters. The second kappa shape index (κ2) is 11.8. The lowest BCUT2D eigenvalue weighted by Crippen LogP contribution is -2.18. The first-order valence-corrected chi connectivity index (χ1v) is 21.6. The molecule has 3 heteroatoms. The van der Waals surface area contributed by atoms with Gasteiger partial charge in [0.2, 0.25) is 0 Å². The number of thiophene rings is 2. The van der Waals surface area contributed by atoms with E-state index in [0.29, 0.717) is 0 Å². The average Bonchev–Trinajstić information content (AvgIpc) is 3.93. The SMILES string of the molecule is CC1(C)c2ccccc2-c2ccc(N(c3ccc4c(c3)C(C)(C)c3ccccc3-4)c3cccc4sc5cc6c(cc5c34)sc3cccc(-c4ccccc4)c36)cc21. The van der Waals surface area contributed by atoms with Crippen LogP contribution in [0.4, 0.5) is 17.1 Å². The molecule has 10 aromatic rings. The summed E-state index contributed by atoms with van der Waals surface area (Å²) < 4.78 is 5.29. The number of nitrogens with zero attached hydrogens (tertiary/aromatic N) is 1. The fourth-order valence-electron chi connectivity index (χ4n) is 10.3. The summed E-state index contributed by atoms with van der Waals surface area (Å²) in [5.41, 5.74) is 16.9. The van der Waals surface area contributed by atoms with Gasteiger partial charge in [-0.05, 0) is 110 Å². The molecule has 0 radical (unpaired) electrons. The van der Waals surface area contributed by atoms with Crippen LogP contribution in [0.25, 0.3) is 73.7 Å². The highest BCUT2D eigenvalue weighted by Crippen LogP contribution is 2.55. The molecule has 0 fully saturated rings. The summed E-state index contributed by atoms with van der Waals surface area (Å²) in [6.07, 6.45) is 0. The van der Waals surface area contributed by atoms with Crippen molar-refractivity contribution in [2.24, 2.45) is 0 Å². The molecule has 12 rings (SSSR count). The summed E-state index contributed by atoms with van der Waals surface area (Å²) >= 11 is 3.82. The highest BCUT2D eigenvalue weighted by atomic mass is 32.1. The monoisotopic (exact) mass is 765 g/mol. The van der Waals surface area contributed by atoms with Crippen molar-refractivity contribution in [1.82, 2.24) is 0 Å². The van der Waals surface area contributed by atoms with E-state index in [1.54, 1.807) is 0 Å². The Kier molecular flexibility index (Phi) is 6.85. The van der Waals surface area contributed by atoms with Crippen LogP contribution in [-0.4, -0.2) is 0 Å². The van der Waals surface area contributed by atoms with Crippen LogP contribution >= 0.6 is 22.7 Å². The quantitative estimate of drug-likeness (QED) is 0.172. The Bertz CT molecular complexity index is 3200. The molecule has 0 spiro atoms. The van der Waals surface area contributed by atoms with Gasteiger partial charge < -0.3 is 4.90 Å². The largest absolute Gasteiger partial charge is 0.310 e. The van der Waals surface area contributed by atoms with Gasteiger partial charge >= 0.3 is 0 Å². The van der Waals surface area contributed by atoms with E-state index in [1.165, 1.54) is 113 Å². The Hall–Kier alpha value is -6.00. The van der Waals surface area contributed by atoms with Crippen LogP contribution in [0, 0.1) is 0 Å². The van der Waals surface area contributed by atoms with Gasteiger partial charge in [-0.15, -0.1) is 22.7 Å². The molecular weight excluding hydrogens is 727 g/mol.